The van der Waals surface area contributed by atoms with E-state index in [-0.39, 0.29) is 5.91 Å². The summed E-state index contributed by atoms with van der Waals surface area (Å²) < 4.78 is 1.97. The fraction of sp³-hybridized carbons (Fsp3) is 0.259. The number of nitrogens with one attached hydrogen (secondary N) is 2. The number of benzene rings is 3. The fourth-order valence-corrected chi connectivity index (χ4v) is 4.15. The largest absolute Gasteiger partial charge is 0.383 e. The highest BCUT2D eigenvalue weighted by Gasteiger charge is 2.13. The van der Waals surface area contributed by atoms with Gasteiger partial charge in [0.25, 0.3) is 5.91 Å². The van der Waals surface area contributed by atoms with E-state index in [0.29, 0.717) is 18.7 Å². The van der Waals surface area contributed by atoms with Crippen LogP contribution < -0.4 is 10.6 Å². The number of carbonyl (C=O) groups excluding carboxylic acids is 1. The zero-order valence-corrected chi connectivity index (χ0v) is 19.0. The Hall–Kier alpha value is -3.60. The van der Waals surface area contributed by atoms with E-state index in [1.807, 2.05) is 47.1 Å². The lowest BCUT2D eigenvalue weighted by atomic mass is 10.1. The van der Waals surface area contributed by atoms with Crippen LogP contribution in [0.2, 0.25) is 0 Å². The average Bonchev–Trinajstić information content (AvgIpc) is 3.10. The minimum atomic E-state index is -0.0729. The first-order valence-electron chi connectivity index (χ1n) is 11.2. The van der Waals surface area contributed by atoms with Gasteiger partial charge < -0.3 is 10.6 Å². The van der Waals surface area contributed by atoms with E-state index in [9.17, 15) is 4.79 Å². The number of nitrogens with zero attached hydrogens (tertiary/aromatic N) is 2. The quantitative estimate of drug-likeness (QED) is 0.369. The van der Waals surface area contributed by atoms with Crippen molar-refractivity contribution in [2.45, 2.75) is 33.6 Å². The average molecular weight is 427 g/mol. The van der Waals surface area contributed by atoms with E-state index in [1.165, 1.54) is 22.0 Å². The standard InChI is InChI=1S/C27H30N4O/c1-4-8-24-19(2)30-31(20(24)3)23-15-13-22(14-16-23)27(32)29-18-17-28-26-12-7-10-21-9-5-6-11-25(21)26/h5-7,9-16,28H,4,8,17-18H2,1-3H3,(H,29,32). The normalized spacial score (nSPS) is 11.0. The van der Waals surface area contributed by atoms with Crippen LogP contribution in [0.15, 0.2) is 66.7 Å². The summed E-state index contributed by atoms with van der Waals surface area (Å²) in [7, 11) is 0. The lowest BCUT2D eigenvalue weighted by molar-refractivity contribution is 0.0955. The van der Waals surface area contributed by atoms with E-state index >= 15 is 0 Å². The number of anilines is 1. The minimum Gasteiger partial charge on any atom is -0.383 e. The van der Waals surface area contributed by atoms with Crippen LogP contribution in [-0.2, 0) is 6.42 Å². The molecule has 5 nitrogen and oxygen atoms in total. The Morgan fingerprint density at radius 1 is 0.938 bits per heavy atom. The monoisotopic (exact) mass is 426 g/mol. The molecule has 1 heterocycles. The number of rotatable bonds is 8. The van der Waals surface area contributed by atoms with E-state index in [2.05, 4.69) is 55.7 Å². The number of aromatic nitrogens is 2. The summed E-state index contributed by atoms with van der Waals surface area (Å²) in [5.74, 6) is -0.0729. The van der Waals surface area contributed by atoms with Gasteiger partial charge in [-0.2, -0.15) is 5.10 Å². The molecule has 164 valence electrons. The van der Waals surface area contributed by atoms with Gasteiger partial charge in [0.2, 0.25) is 0 Å². The van der Waals surface area contributed by atoms with Gasteiger partial charge in [-0.05, 0) is 61.5 Å². The lowest BCUT2D eigenvalue weighted by Crippen LogP contribution is -2.28. The van der Waals surface area contributed by atoms with Crippen LogP contribution in [0, 0.1) is 13.8 Å². The van der Waals surface area contributed by atoms with Gasteiger partial charge in [0.05, 0.1) is 11.4 Å². The summed E-state index contributed by atoms with van der Waals surface area (Å²) in [6, 6.07) is 22.1. The zero-order chi connectivity index (χ0) is 22.5. The van der Waals surface area contributed by atoms with Crippen molar-refractivity contribution in [3.63, 3.8) is 0 Å². The molecule has 0 saturated carbocycles. The molecule has 5 heteroatoms. The Morgan fingerprint density at radius 3 is 2.47 bits per heavy atom. The maximum atomic E-state index is 12.6. The molecule has 0 aliphatic heterocycles. The second-order valence-corrected chi connectivity index (χ2v) is 8.07. The highest BCUT2D eigenvalue weighted by molar-refractivity contribution is 5.95. The first-order valence-corrected chi connectivity index (χ1v) is 11.2. The Kier molecular flexibility index (Phi) is 6.55. The van der Waals surface area contributed by atoms with Crippen molar-refractivity contribution in [1.29, 1.82) is 0 Å². The van der Waals surface area contributed by atoms with Crippen LogP contribution in [0.25, 0.3) is 16.5 Å². The van der Waals surface area contributed by atoms with Crippen molar-refractivity contribution in [2.24, 2.45) is 0 Å². The van der Waals surface area contributed by atoms with Crippen LogP contribution in [0.5, 0.6) is 0 Å². The number of amides is 1. The Morgan fingerprint density at radius 2 is 1.69 bits per heavy atom. The van der Waals surface area contributed by atoms with Crippen molar-refractivity contribution in [3.05, 3.63) is 89.2 Å². The van der Waals surface area contributed by atoms with Crippen LogP contribution in [-0.4, -0.2) is 28.8 Å². The summed E-state index contributed by atoms with van der Waals surface area (Å²) >= 11 is 0. The molecule has 1 amide bonds. The molecule has 4 aromatic rings. The molecule has 3 aromatic carbocycles. The minimum absolute atomic E-state index is 0.0729. The van der Waals surface area contributed by atoms with E-state index in [0.717, 1.165) is 29.9 Å². The van der Waals surface area contributed by atoms with Gasteiger partial charge in [-0.3, -0.25) is 4.79 Å². The smallest absolute Gasteiger partial charge is 0.251 e. The lowest BCUT2D eigenvalue weighted by Gasteiger charge is -2.11. The molecule has 0 bridgehead atoms. The predicted octanol–water partition coefficient (Wildman–Crippen LogP) is 5.44. The van der Waals surface area contributed by atoms with Crippen LogP contribution in [0.3, 0.4) is 0 Å². The first-order chi connectivity index (χ1) is 15.6. The van der Waals surface area contributed by atoms with Crippen LogP contribution in [0.1, 0.15) is 40.7 Å². The van der Waals surface area contributed by atoms with Crippen molar-refractivity contribution in [2.75, 3.05) is 18.4 Å². The van der Waals surface area contributed by atoms with Crippen LogP contribution in [0.4, 0.5) is 5.69 Å². The highest BCUT2D eigenvalue weighted by Crippen LogP contribution is 2.22. The van der Waals surface area contributed by atoms with Gasteiger partial charge in [0.15, 0.2) is 0 Å². The molecule has 0 radical (unpaired) electrons. The molecule has 0 aliphatic carbocycles. The van der Waals surface area contributed by atoms with Crippen molar-refractivity contribution >= 4 is 22.4 Å². The molecular weight excluding hydrogens is 396 g/mol. The number of fused-ring (bicyclic) bond motifs is 1. The maximum absolute atomic E-state index is 12.6. The number of hydrogen-bond donors (Lipinski definition) is 2. The second kappa shape index (κ2) is 9.69. The van der Waals surface area contributed by atoms with Crippen LogP contribution >= 0.6 is 0 Å². The van der Waals surface area contributed by atoms with Gasteiger partial charge in [-0.1, -0.05) is 49.7 Å². The Labute approximate surface area is 189 Å². The van der Waals surface area contributed by atoms with Gasteiger partial charge in [0, 0.05) is 35.4 Å². The molecular formula is C27H30N4O. The van der Waals surface area contributed by atoms with E-state index in [4.69, 9.17) is 5.10 Å². The topological polar surface area (TPSA) is 59.0 Å². The number of carbonyl (C=O) groups is 1. The predicted molar refractivity (Wildman–Crippen MR) is 132 cm³/mol. The van der Waals surface area contributed by atoms with Gasteiger partial charge in [-0.25, -0.2) is 4.68 Å². The third-order valence-corrected chi connectivity index (χ3v) is 5.83. The SMILES string of the molecule is CCCc1c(C)nn(-c2ccc(C(=O)NCCNc3cccc4ccccc34)cc2)c1C. The molecule has 4 rings (SSSR count). The third-order valence-electron chi connectivity index (χ3n) is 5.83. The van der Waals surface area contributed by atoms with Crippen molar-refractivity contribution < 1.29 is 4.79 Å². The van der Waals surface area contributed by atoms with E-state index < -0.39 is 0 Å². The van der Waals surface area contributed by atoms with Gasteiger partial charge in [-0.15, -0.1) is 0 Å². The van der Waals surface area contributed by atoms with Crippen molar-refractivity contribution in [3.8, 4) is 5.69 Å². The Balaban J connectivity index is 1.35. The summed E-state index contributed by atoms with van der Waals surface area (Å²) in [4.78, 5) is 12.6. The molecule has 0 atom stereocenters. The van der Waals surface area contributed by atoms with Gasteiger partial charge in [0.1, 0.15) is 0 Å². The molecule has 0 fully saturated rings. The molecule has 2 N–H and O–H groups in total. The molecule has 0 saturated heterocycles. The van der Waals surface area contributed by atoms with Crippen molar-refractivity contribution in [1.82, 2.24) is 15.1 Å². The zero-order valence-electron chi connectivity index (χ0n) is 19.0. The third kappa shape index (κ3) is 4.52. The van der Waals surface area contributed by atoms with Gasteiger partial charge >= 0.3 is 0 Å². The Bertz CT molecular complexity index is 1220. The molecule has 32 heavy (non-hydrogen) atoms. The first kappa shape index (κ1) is 21.6. The van der Waals surface area contributed by atoms with E-state index in [1.54, 1.807) is 0 Å². The summed E-state index contributed by atoms with van der Waals surface area (Å²) in [6.45, 7) is 7.55. The highest BCUT2D eigenvalue weighted by atomic mass is 16.1. The fourth-order valence-electron chi connectivity index (χ4n) is 4.15. The molecule has 0 unspecified atom stereocenters. The second-order valence-electron chi connectivity index (χ2n) is 8.07. The number of aryl methyl sites for hydroxylation is 1. The summed E-state index contributed by atoms with van der Waals surface area (Å²) in [5.41, 5.74) is 6.25. The molecule has 0 spiro atoms. The number of hydrogen-bond acceptors (Lipinski definition) is 3. The summed E-state index contributed by atoms with van der Waals surface area (Å²) in [5, 5.41) is 13.5. The molecule has 0 aliphatic rings. The maximum Gasteiger partial charge on any atom is 0.251 e. The molecule has 1 aromatic heterocycles. The summed E-state index contributed by atoms with van der Waals surface area (Å²) in [6.07, 6.45) is 2.13.